The molecule has 4 rings (SSSR count). The molecule has 0 saturated heterocycles. The van der Waals surface area contributed by atoms with Gasteiger partial charge in [0, 0.05) is 34.9 Å². The molecule has 134 valence electrons. The summed E-state index contributed by atoms with van der Waals surface area (Å²) in [4.78, 5) is 0.970. The number of fused-ring (bicyclic) bond motifs is 1. The Balaban J connectivity index is 1.64. The van der Waals surface area contributed by atoms with Gasteiger partial charge in [-0.25, -0.2) is 4.68 Å². The highest BCUT2D eigenvalue weighted by Crippen LogP contribution is 2.36. The van der Waals surface area contributed by atoms with Gasteiger partial charge in [0.2, 0.25) is 0 Å². The van der Waals surface area contributed by atoms with Gasteiger partial charge in [0.15, 0.2) is 0 Å². The van der Waals surface area contributed by atoms with E-state index in [9.17, 15) is 9.32 Å². The van der Waals surface area contributed by atoms with E-state index in [0.29, 0.717) is 5.92 Å². The second-order valence-electron chi connectivity index (χ2n) is 6.99. The van der Waals surface area contributed by atoms with Crippen molar-refractivity contribution in [2.24, 2.45) is 0 Å². The first kappa shape index (κ1) is 16.8. The minimum Gasteiger partial charge on any atom is -0.393 e. The lowest BCUT2D eigenvalue weighted by atomic mass is 10.0. The molecule has 0 spiro atoms. The fourth-order valence-corrected chi connectivity index (χ4v) is 5.33. The Labute approximate surface area is 150 Å². The largest absolute Gasteiger partial charge is 0.393 e. The molecule has 1 aliphatic heterocycles. The zero-order chi connectivity index (χ0) is 17.4. The van der Waals surface area contributed by atoms with Crippen molar-refractivity contribution in [1.29, 1.82) is 0 Å². The average Bonchev–Trinajstić information content (AvgIpc) is 3.22. The Bertz CT molecular complexity index is 802. The van der Waals surface area contributed by atoms with Crippen LogP contribution in [0.15, 0.2) is 29.2 Å². The van der Waals surface area contributed by atoms with Crippen molar-refractivity contribution >= 4 is 22.3 Å². The molecular formula is C19H25N3O2S. The maximum atomic E-state index is 12.3. The molecule has 2 N–H and O–H groups in total. The maximum absolute atomic E-state index is 12.3. The third-order valence-electron chi connectivity index (χ3n) is 5.32. The molecule has 2 aliphatic rings. The molecule has 0 radical (unpaired) electrons. The molecule has 3 unspecified atom stereocenters. The number of hydrogen-bond donors (Lipinski definition) is 2. The maximum Gasteiger partial charge on any atom is 0.128 e. The molecule has 1 aromatic carbocycles. The van der Waals surface area contributed by atoms with Crippen LogP contribution in [0.2, 0.25) is 0 Å². The van der Waals surface area contributed by atoms with Crippen molar-refractivity contribution in [3.63, 3.8) is 0 Å². The van der Waals surface area contributed by atoms with Crippen LogP contribution < -0.4 is 5.32 Å². The monoisotopic (exact) mass is 359 g/mol. The van der Waals surface area contributed by atoms with Crippen LogP contribution in [0.1, 0.15) is 49.8 Å². The number of rotatable bonds is 4. The van der Waals surface area contributed by atoms with E-state index >= 15 is 0 Å². The Morgan fingerprint density at radius 1 is 1.40 bits per heavy atom. The van der Waals surface area contributed by atoms with Crippen molar-refractivity contribution in [2.75, 3.05) is 11.1 Å². The second kappa shape index (κ2) is 6.92. The molecule has 2 aromatic rings. The first-order valence-electron chi connectivity index (χ1n) is 9.18. The highest BCUT2D eigenvalue weighted by molar-refractivity contribution is 7.85. The number of nitrogens with one attached hydrogen (secondary N) is 1. The molecule has 5 nitrogen and oxygen atoms in total. The predicted molar refractivity (Wildman–Crippen MR) is 99.8 cm³/mol. The quantitative estimate of drug-likeness (QED) is 0.879. The van der Waals surface area contributed by atoms with Gasteiger partial charge < -0.3 is 10.4 Å². The number of aliphatic hydroxyl groups excluding tert-OH is 1. The van der Waals surface area contributed by atoms with Gasteiger partial charge in [0.25, 0.3) is 0 Å². The van der Waals surface area contributed by atoms with Crippen LogP contribution in [0.3, 0.4) is 0 Å². The number of anilines is 2. The van der Waals surface area contributed by atoms with Crippen LogP contribution in [0.5, 0.6) is 0 Å². The number of aliphatic hydroxyl groups is 1. The molecule has 1 saturated carbocycles. The summed E-state index contributed by atoms with van der Waals surface area (Å²) >= 11 is 0. The van der Waals surface area contributed by atoms with Crippen LogP contribution in [0, 0.1) is 0 Å². The van der Waals surface area contributed by atoms with Crippen molar-refractivity contribution in [1.82, 2.24) is 9.78 Å². The summed E-state index contributed by atoms with van der Waals surface area (Å²) in [5.41, 5.74) is 3.28. The summed E-state index contributed by atoms with van der Waals surface area (Å²) in [6.07, 6.45) is 4.41. The molecule has 2 heterocycles. The van der Waals surface area contributed by atoms with E-state index < -0.39 is 10.8 Å². The van der Waals surface area contributed by atoms with E-state index in [1.807, 2.05) is 16.8 Å². The molecular weight excluding hydrogens is 334 g/mol. The lowest BCUT2D eigenvalue weighted by Gasteiger charge is -2.19. The minimum atomic E-state index is -0.881. The zero-order valence-electron chi connectivity index (χ0n) is 14.6. The number of aromatic nitrogens is 2. The Kier molecular flexibility index (Phi) is 4.65. The summed E-state index contributed by atoms with van der Waals surface area (Å²) in [5.74, 6) is 2.08. The van der Waals surface area contributed by atoms with Gasteiger partial charge in [-0.1, -0.05) is 6.07 Å². The molecule has 3 atom stereocenters. The summed E-state index contributed by atoms with van der Waals surface area (Å²) in [6, 6.07) is 8.14. The third-order valence-corrected chi connectivity index (χ3v) is 6.85. The average molecular weight is 359 g/mol. The normalized spacial score (nSPS) is 25.8. The first-order valence-corrected chi connectivity index (χ1v) is 10.5. The van der Waals surface area contributed by atoms with Crippen molar-refractivity contribution in [3.05, 3.63) is 35.5 Å². The number of nitrogens with zero attached hydrogens (tertiary/aromatic N) is 2. The van der Waals surface area contributed by atoms with Gasteiger partial charge in [-0.3, -0.25) is 4.21 Å². The van der Waals surface area contributed by atoms with E-state index in [0.717, 1.165) is 66.5 Å². The topological polar surface area (TPSA) is 67.2 Å². The number of hydrogen-bond acceptors (Lipinski definition) is 4. The lowest BCUT2D eigenvalue weighted by Crippen LogP contribution is -2.12. The third kappa shape index (κ3) is 3.25. The van der Waals surface area contributed by atoms with Gasteiger partial charge in [0.1, 0.15) is 5.82 Å². The van der Waals surface area contributed by atoms with Gasteiger partial charge in [0.05, 0.1) is 22.6 Å². The summed E-state index contributed by atoms with van der Waals surface area (Å²) < 4.78 is 14.2. The number of aryl methyl sites for hydroxylation is 1. The molecule has 0 bridgehead atoms. The van der Waals surface area contributed by atoms with Crippen LogP contribution in [-0.2, 0) is 23.8 Å². The minimum absolute atomic E-state index is 0.190. The fraction of sp³-hybridized carbons (Fsp3) is 0.526. The van der Waals surface area contributed by atoms with Crippen LogP contribution >= 0.6 is 0 Å². The van der Waals surface area contributed by atoms with Crippen molar-refractivity contribution < 1.29 is 9.32 Å². The molecule has 0 amide bonds. The highest BCUT2D eigenvalue weighted by atomic mass is 32.2. The molecule has 1 aromatic heterocycles. The van der Waals surface area contributed by atoms with Gasteiger partial charge in [-0.2, -0.15) is 5.10 Å². The molecule has 1 aliphatic carbocycles. The van der Waals surface area contributed by atoms with Crippen LogP contribution in [-0.4, -0.2) is 31.0 Å². The summed E-state index contributed by atoms with van der Waals surface area (Å²) in [5, 5.41) is 18.1. The first-order chi connectivity index (χ1) is 12.2. The summed E-state index contributed by atoms with van der Waals surface area (Å²) in [6.45, 7) is 2.87. The molecule has 6 heteroatoms. The van der Waals surface area contributed by atoms with E-state index in [2.05, 4.69) is 24.4 Å². The van der Waals surface area contributed by atoms with Gasteiger partial charge in [-0.15, -0.1) is 0 Å². The van der Waals surface area contributed by atoms with E-state index in [-0.39, 0.29) is 6.10 Å². The summed E-state index contributed by atoms with van der Waals surface area (Å²) in [7, 11) is -0.881. The SMILES string of the molecule is CCn1nc(C2CCC(O)C2)cc1Nc1cccc2c1CCCS2=O. The van der Waals surface area contributed by atoms with Crippen molar-refractivity contribution in [2.45, 2.75) is 62.5 Å². The predicted octanol–water partition coefficient (Wildman–Crippen LogP) is 3.33. The Morgan fingerprint density at radius 3 is 3.04 bits per heavy atom. The lowest BCUT2D eigenvalue weighted by molar-refractivity contribution is 0.181. The van der Waals surface area contributed by atoms with E-state index in [4.69, 9.17) is 5.10 Å². The standard InChI is InChI=1S/C19H25N3O2S/c1-2-22-19(12-17(21-22)13-8-9-14(23)11-13)20-16-6-3-7-18-15(16)5-4-10-25(18)24/h3,6-7,12-14,20,23H,2,4-5,8-11H2,1H3. The van der Waals surface area contributed by atoms with Gasteiger partial charge in [-0.05, 0) is 56.7 Å². The Morgan fingerprint density at radius 2 is 2.28 bits per heavy atom. The van der Waals surface area contributed by atoms with E-state index in [1.54, 1.807) is 0 Å². The Hall–Kier alpha value is -1.66. The fourth-order valence-electron chi connectivity index (χ4n) is 3.99. The van der Waals surface area contributed by atoms with Crippen LogP contribution in [0.25, 0.3) is 0 Å². The van der Waals surface area contributed by atoms with Crippen LogP contribution in [0.4, 0.5) is 11.5 Å². The molecule has 1 fully saturated rings. The molecule has 25 heavy (non-hydrogen) atoms. The highest BCUT2D eigenvalue weighted by Gasteiger charge is 2.27. The number of benzene rings is 1. The van der Waals surface area contributed by atoms with Crippen molar-refractivity contribution in [3.8, 4) is 0 Å². The second-order valence-corrected chi connectivity index (χ2v) is 8.53. The zero-order valence-corrected chi connectivity index (χ0v) is 15.4. The van der Waals surface area contributed by atoms with E-state index in [1.165, 1.54) is 5.56 Å². The smallest absolute Gasteiger partial charge is 0.128 e. The van der Waals surface area contributed by atoms with Gasteiger partial charge >= 0.3 is 0 Å².